The molecule has 3 rings (SSSR count). The monoisotopic (exact) mass is 387 g/mol. The third kappa shape index (κ3) is 4.95. The predicted octanol–water partition coefficient (Wildman–Crippen LogP) is 3.73. The molecule has 0 amide bonds. The van der Waals surface area contributed by atoms with Gasteiger partial charge in [-0.05, 0) is 61.7 Å². The Morgan fingerprint density at radius 1 is 1.21 bits per heavy atom. The third-order valence-electron chi connectivity index (χ3n) is 5.12. The van der Waals surface area contributed by atoms with Crippen molar-refractivity contribution in [1.29, 1.82) is 0 Å². The fraction of sp³-hybridized carbons (Fsp3) is 0.409. The molecule has 2 atom stereocenters. The van der Waals surface area contributed by atoms with Gasteiger partial charge in [-0.25, -0.2) is 9.18 Å². The number of rotatable bonds is 8. The van der Waals surface area contributed by atoms with Gasteiger partial charge in [0.25, 0.3) is 0 Å². The van der Waals surface area contributed by atoms with E-state index in [1.807, 2.05) is 31.2 Å². The molecule has 2 N–H and O–H groups in total. The number of carboxylic acids is 1. The summed E-state index contributed by atoms with van der Waals surface area (Å²) in [6.45, 7) is 4.76. The molecule has 1 aliphatic rings. The first-order valence-corrected chi connectivity index (χ1v) is 9.60. The van der Waals surface area contributed by atoms with Crippen molar-refractivity contribution in [2.24, 2.45) is 0 Å². The Morgan fingerprint density at radius 3 is 2.61 bits per heavy atom. The van der Waals surface area contributed by atoms with E-state index in [1.54, 1.807) is 6.07 Å². The van der Waals surface area contributed by atoms with Crippen molar-refractivity contribution in [1.82, 2.24) is 4.90 Å². The van der Waals surface area contributed by atoms with E-state index in [4.69, 9.17) is 9.84 Å². The van der Waals surface area contributed by atoms with Gasteiger partial charge in [-0.3, -0.25) is 0 Å². The lowest BCUT2D eigenvalue weighted by Gasteiger charge is -2.22. The minimum Gasteiger partial charge on any atom is -0.478 e. The van der Waals surface area contributed by atoms with E-state index < -0.39 is 17.9 Å². The lowest BCUT2D eigenvalue weighted by molar-refractivity contribution is -0.0131. The zero-order valence-corrected chi connectivity index (χ0v) is 16.0. The number of nitrogens with zero attached hydrogens (tertiary/aromatic N) is 1. The Kier molecular flexibility index (Phi) is 6.78. The van der Waals surface area contributed by atoms with E-state index in [-0.39, 0.29) is 18.3 Å². The van der Waals surface area contributed by atoms with Gasteiger partial charge in [0.05, 0.1) is 24.4 Å². The molecule has 2 aromatic carbocycles. The summed E-state index contributed by atoms with van der Waals surface area (Å²) in [5.74, 6) is -2.06. The summed E-state index contributed by atoms with van der Waals surface area (Å²) in [5, 5.41) is 19.2. The summed E-state index contributed by atoms with van der Waals surface area (Å²) in [4.78, 5) is 13.3. The van der Waals surface area contributed by atoms with Gasteiger partial charge in [-0.2, -0.15) is 0 Å². The van der Waals surface area contributed by atoms with Crippen LogP contribution in [0.15, 0.2) is 42.5 Å². The molecule has 0 radical (unpaired) electrons. The van der Waals surface area contributed by atoms with E-state index in [0.29, 0.717) is 12.1 Å². The first-order chi connectivity index (χ1) is 13.5. The Balaban J connectivity index is 1.70. The van der Waals surface area contributed by atoms with Crippen molar-refractivity contribution in [3.05, 3.63) is 59.4 Å². The van der Waals surface area contributed by atoms with Crippen LogP contribution >= 0.6 is 0 Å². The summed E-state index contributed by atoms with van der Waals surface area (Å²) >= 11 is 0. The van der Waals surface area contributed by atoms with Gasteiger partial charge in [0.15, 0.2) is 0 Å². The second-order valence-corrected chi connectivity index (χ2v) is 7.22. The SMILES string of the molecule is CC(OCC(O)CN1CCCC1)c1ccccc1-c1ccc(C(=O)O)c(F)c1. The predicted molar refractivity (Wildman–Crippen MR) is 105 cm³/mol. The molecule has 0 bridgehead atoms. The maximum Gasteiger partial charge on any atom is 0.338 e. The molecule has 0 saturated carbocycles. The number of hydrogen-bond donors (Lipinski definition) is 2. The highest BCUT2D eigenvalue weighted by atomic mass is 19.1. The standard InChI is InChI=1S/C22H26FNO4/c1-15(28-14-17(25)13-24-10-4-5-11-24)18-6-2-3-7-19(18)16-8-9-20(22(26)27)21(23)12-16/h2-3,6-9,12,15,17,25H,4-5,10-11,13-14H2,1H3,(H,26,27). The summed E-state index contributed by atoms with van der Waals surface area (Å²) < 4.78 is 20.0. The lowest BCUT2D eigenvalue weighted by atomic mass is 9.95. The van der Waals surface area contributed by atoms with Crippen molar-refractivity contribution in [2.75, 3.05) is 26.2 Å². The number of aliphatic hydroxyl groups is 1. The minimum atomic E-state index is -1.29. The van der Waals surface area contributed by atoms with Crippen molar-refractivity contribution in [2.45, 2.75) is 32.0 Å². The number of carbonyl (C=O) groups is 1. The minimum absolute atomic E-state index is 0.221. The van der Waals surface area contributed by atoms with Crippen molar-refractivity contribution in [3.63, 3.8) is 0 Å². The number of aliphatic hydroxyl groups excluding tert-OH is 1. The van der Waals surface area contributed by atoms with E-state index in [0.717, 1.165) is 24.2 Å². The van der Waals surface area contributed by atoms with Crippen LogP contribution in [0, 0.1) is 5.82 Å². The topological polar surface area (TPSA) is 70.0 Å². The molecule has 0 aliphatic carbocycles. The van der Waals surface area contributed by atoms with Crippen LogP contribution in [0.3, 0.4) is 0 Å². The van der Waals surface area contributed by atoms with Crippen LogP contribution < -0.4 is 0 Å². The number of ether oxygens (including phenoxy) is 1. The fourth-order valence-corrected chi connectivity index (χ4v) is 3.63. The van der Waals surface area contributed by atoms with Gasteiger partial charge in [0.1, 0.15) is 5.82 Å². The van der Waals surface area contributed by atoms with Crippen LogP contribution in [-0.2, 0) is 4.74 Å². The molecule has 0 aromatic heterocycles. The normalized spacial score (nSPS) is 16.8. The molecule has 2 aromatic rings. The summed E-state index contributed by atoms with van der Waals surface area (Å²) in [5.41, 5.74) is 1.87. The third-order valence-corrected chi connectivity index (χ3v) is 5.12. The number of benzene rings is 2. The lowest BCUT2D eigenvalue weighted by Crippen LogP contribution is -2.33. The summed E-state index contributed by atoms with van der Waals surface area (Å²) in [7, 11) is 0. The highest BCUT2D eigenvalue weighted by molar-refractivity contribution is 5.88. The summed E-state index contributed by atoms with van der Waals surface area (Å²) in [6.07, 6.45) is 1.50. The Labute approximate surface area is 164 Å². The molecule has 1 saturated heterocycles. The maximum atomic E-state index is 14.1. The Hall–Kier alpha value is -2.28. The van der Waals surface area contributed by atoms with Crippen LogP contribution in [-0.4, -0.2) is 53.4 Å². The fourth-order valence-electron chi connectivity index (χ4n) is 3.63. The highest BCUT2D eigenvalue weighted by Crippen LogP contribution is 2.31. The van der Waals surface area contributed by atoms with Gasteiger partial charge >= 0.3 is 5.97 Å². The second kappa shape index (κ2) is 9.28. The second-order valence-electron chi connectivity index (χ2n) is 7.22. The molecule has 1 aliphatic heterocycles. The average Bonchev–Trinajstić information content (AvgIpc) is 3.18. The van der Waals surface area contributed by atoms with E-state index in [1.165, 1.54) is 25.0 Å². The van der Waals surface area contributed by atoms with Crippen LogP contribution in [0.5, 0.6) is 0 Å². The smallest absolute Gasteiger partial charge is 0.338 e. The number of β-amino-alcohol motifs (C(OH)–C–C–N with tert-alkyl or cyclic N) is 1. The molecule has 1 fully saturated rings. The molecule has 2 unspecified atom stereocenters. The van der Waals surface area contributed by atoms with Crippen LogP contribution in [0.4, 0.5) is 4.39 Å². The number of halogens is 1. The molecular formula is C22H26FNO4. The Morgan fingerprint density at radius 2 is 1.93 bits per heavy atom. The number of hydrogen-bond acceptors (Lipinski definition) is 4. The first-order valence-electron chi connectivity index (χ1n) is 9.60. The molecule has 1 heterocycles. The van der Waals surface area contributed by atoms with Gasteiger partial charge < -0.3 is 19.8 Å². The van der Waals surface area contributed by atoms with E-state index in [9.17, 15) is 14.3 Å². The van der Waals surface area contributed by atoms with Crippen molar-refractivity contribution >= 4 is 5.97 Å². The van der Waals surface area contributed by atoms with Gasteiger partial charge in [0, 0.05) is 6.54 Å². The molecule has 6 heteroatoms. The van der Waals surface area contributed by atoms with Gasteiger partial charge in [-0.1, -0.05) is 30.3 Å². The van der Waals surface area contributed by atoms with Crippen molar-refractivity contribution < 1.29 is 24.1 Å². The maximum absolute atomic E-state index is 14.1. The van der Waals surface area contributed by atoms with E-state index in [2.05, 4.69) is 4.90 Å². The zero-order chi connectivity index (χ0) is 20.1. The zero-order valence-electron chi connectivity index (χ0n) is 16.0. The molecule has 150 valence electrons. The highest BCUT2D eigenvalue weighted by Gasteiger charge is 2.19. The summed E-state index contributed by atoms with van der Waals surface area (Å²) in [6, 6.07) is 11.6. The molecule has 5 nitrogen and oxygen atoms in total. The van der Waals surface area contributed by atoms with Crippen LogP contribution in [0.25, 0.3) is 11.1 Å². The molecule has 0 spiro atoms. The molecule has 28 heavy (non-hydrogen) atoms. The van der Waals surface area contributed by atoms with Crippen LogP contribution in [0.2, 0.25) is 0 Å². The molecular weight excluding hydrogens is 361 g/mol. The first kappa shape index (κ1) is 20.5. The van der Waals surface area contributed by atoms with Crippen molar-refractivity contribution in [3.8, 4) is 11.1 Å². The number of carboxylic acid groups (broad SMARTS) is 1. The largest absolute Gasteiger partial charge is 0.478 e. The van der Waals surface area contributed by atoms with Crippen LogP contribution in [0.1, 0.15) is 41.8 Å². The van der Waals surface area contributed by atoms with E-state index >= 15 is 0 Å². The van der Waals surface area contributed by atoms with Gasteiger partial charge in [0.2, 0.25) is 0 Å². The number of aromatic carboxylic acids is 1. The number of likely N-dealkylation sites (tertiary alicyclic amines) is 1. The quantitative estimate of drug-likeness (QED) is 0.722. The average molecular weight is 387 g/mol. The Bertz CT molecular complexity index is 820. The van der Waals surface area contributed by atoms with Gasteiger partial charge in [-0.15, -0.1) is 0 Å².